The zero-order chi connectivity index (χ0) is 21.5. The molecule has 1 aromatic heterocycles. The highest BCUT2D eigenvalue weighted by Gasteiger charge is 2.09. The Hall–Kier alpha value is -4.05. The molecule has 3 rings (SSSR count). The highest BCUT2D eigenvalue weighted by Crippen LogP contribution is 2.27. The molecule has 0 bridgehead atoms. The van der Waals surface area contributed by atoms with Crippen molar-refractivity contribution in [1.29, 1.82) is 5.26 Å². The minimum Gasteiger partial charge on any atom is -0.493 e. The van der Waals surface area contributed by atoms with Crippen LogP contribution in [-0.4, -0.2) is 30.4 Å². The fourth-order valence-electron chi connectivity index (χ4n) is 3.09. The average molecular weight is 402 g/mol. The van der Waals surface area contributed by atoms with Crippen molar-refractivity contribution >= 4 is 12.1 Å². The van der Waals surface area contributed by atoms with Crippen molar-refractivity contribution in [1.82, 2.24) is 9.99 Å². The Bertz CT molecular complexity index is 1110. The minimum atomic E-state index is -0.309. The van der Waals surface area contributed by atoms with E-state index in [2.05, 4.69) is 15.1 Å². The zero-order valence-electron chi connectivity index (χ0n) is 17.0. The molecule has 7 nitrogen and oxygen atoms in total. The number of nitrogens with one attached hydrogen (secondary N) is 1. The van der Waals surface area contributed by atoms with E-state index in [0.717, 1.165) is 17.1 Å². The van der Waals surface area contributed by atoms with Gasteiger partial charge in [-0.05, 0) is 67.9 Å². The van der Waals surface area contributed by atoms with Gasteiger partial charge in [-0.2, -0.15) is 10.4 Å². The number of ether oxygens (including phenoxy) is 2. The Morgan fingerprint density at radius 3 is 2.60 bits per heavy atom. The van der Waals surface area contributed by atoms with Gasteiger partial charge in [0.05, 0.1) is 13.3 Å². The summed E-state index contributed by atoms with van der Waals surface area (Å²) in [7, 11) is 1.51. The van der Waals surface area contributed by atoms with E-state index in [1.165, 1.54) is 13.3 Å². The van der Waals surface area contributed by atoms with Crippen molar-refractivity contribution < 1.29 is 14.3 Å². The van der Waals surface area contributed by atoms with Crippen molar-refractivity contribution in [3.8, 4) is 23.3 Å². The summed E-state index contributed by atoms with van der Waals surface area (Å²) in [6.45, 7) is 3.98. The number of hydrogen-bond acceptors (Lipinski definition) is 5. The second kappa shape index (κ2) is 9.43. The Morgan fingerprint density at radius 1 is 1.13 bits per heavy atom. The highest BCUT2D eigenvalue weighted by molar-refractivity contribution is 5.95. The van der Waals surface area contributed by atoms with Crippen LogP contribution in [-0.2, 0) is 0 Å². The van der Waals surface area contributed by atoms with Gasteiger partial charge in [-0.3, -0.25) is 4.79 Å². The third-order valence-electron chi connectivity index (χ3n) is 4.50. The second-order valence-electron chi connectivity index (χ2n) is 6.56. The lowest BCUT2D eigenvalue weighted by molar-refractivity contribution is 0.0955. The lowest BCUT2D eigenvalue weighted by Crippen LogP contribution is -2.18. The second-order valence-corrected chi connectivity index (χ2v) is 6.56. The molecule has 30 heavy (non-hydrogen) atoms. The molecule has 0 radical (unpaired) electrons. The fourth-order valence-corrected chi connectivity index (χ4v) is 3.09. The summed E-state index contributed by atoms with van der Waals surface area (Å²) in [5.74, 6) is 0.634. The van der Waals surface area contributed by atoms with Crippen LogP contribution in [0.1, 0.15) is 27.3 Å². The van der Waals surface area contributed by atoms with Crippen LogP contribution >= 0.6 is 0 Å². The van der Waals surface area contributed by atoms with E-state index in [-0.39, 0.29) is 12.5 Å². The Balaban J connectivity index is 1.71. The van der Waals surface area contributed by atoms with Gasteiger partial charge < -0.3 is 14.0 Å². The van der Waals surface area contributed by atoms with Crippen LogP contribution in [0.3, 0.4) is 0 Å². The monoisotopic (exact) mass is 402 g/mol. The van der Waals surface area contributed by atoms with E-state index in [4.69, 9.17) is 14.7 Å². The molecule has 1 amide bonds. The Morgan fingerprint density at radius 2 is 1.90 bits per heavy atom. The smallest absolute Gasteiger partial charge is 0.271 e. The standard InChI is InChI=1S/C23H22N4O3/c1-16-7-8-17(2)27(16)20-6-4-5-19(14-20)23(28)26-25-15-18-9-10-21(30-12-11-24)22(13-18)29-3/h4-10,13-15H,12H2,1-3H3,(H,26,28). The van der Waals surface area contributed by atoms with Gasteiger partial charge in [0.25, 0.3) is 5.91 Å². The first kappa shape index (κ1) is 20.7. The van der Waals surface area contributed by atoms with Crippen LogP contribution in [0.2, 0.25) is 0 Å². The van der Waals surface area contributed by atoms with Gasteiger partial charge in [-0.1, -0.05) is 6.07 Å². The SMILES string of the molecule is COc1cc(C=NNC(=O)c2cccc(-n3c(C)ccc3C)c2)ccc1OCC#N. The van der Waals surface area contributed by atoms with Crippen molar-refractivity contribution in [2.75, 3.05) is 13.7 Å². The van der Waals surface area contributed by atoms with Crippen molar-refractivity contribution in [3.63, 3.8) is 0 Å². The number of aryl methyl sites for hydroxylation is 2. The lowest BCUT2D eigenvalue weighted by atomic mass is 10.2. The van der Waals surface area contributed by atoms with Gasteiger partial charge in [0, 0.05) is 22.6 Å². The van der Waals surface area contributed by atoms with E-state index in [1.807, 2.05) is 50.2 Å². The molecule has 152 valence electrons. The maximum absolute atomic E-state index is 12.5. The quantitative estimate of drug-likeness (QED) is 0.481. The van der Waals surface area contributed by atoms with Crippen LogP contribution in [0, 0.1) is 25.2 Å². The Kier molecular flexibility index (Phi) is 6.50. The summed E-state index contributed by atoms with van der Waals surface area (Å²) in [5.41, 5.74) is 6.88. The largest absolute Gasteiger partial charge is 0.493 e. The van der Waals surface area contributed by atoms with Gasteiger partial charge in [0.15, 0.2) is 18.1 Å². The topological polar surface area (TPSA) is 88.6 Å². The number of rotatable bonds is 7. The van der Waals surface area contributed by atoms with Crippen LogP contribution in [0.25, 0.3) is 5.69 Å². The molecular formula is C23H22N4O3. The van der Waals surface area contributed by atoms with E-state index in [1.54, 1.807) is 24.3 Å². The summed E-state index contributed by atoms with van der Waals surface area (Å²) in [5, 5.41) is 12.7. The summed E-state index contributed by atoms with van der Waals surface area (Å²) < 4.78 is 12.6. The van der Waals surface area contributed by atoms with E-state index in [9.17, 15) is 4.79 Å². The maximum Gasteiger partial charge on any atom is 0.271 e. The number of hydrogen-bond donors (Lipinski definition) is 1. The molecule has 0 aliphatic carbocycles. The normalized spacial score (nSPS) is 10.6. The number of hydrazone groups is 1. The van der Waals surface area contributed by atoms with Gasteiger partial charge in [0.2, 0.25) is 0 Å². The summed E-state index contributed by atoms with van der Waals surface area (Å²) in [6.07, 6.45) is 1.51. The van der Waals surface area contributed by atoms with Crippen LogP contribution in [0.5, 0.6) is 11.5 Å². The van der Waals surface area contributed by atoms with E-state index in [0.29, 0.717) is 22.6 Å². The van der Waals surface area contributed by atoms with Crippen LogP contribution in [0.4, 0.5) is 0 Å². The van der Waals surface area contributed by atoms with Gasteiger partial charge in [-0.15, -0.1) is 0 Å². The first-order valence-corrected chi connectivity index (χ1v) is 9.30. The highest BCUT2D eigenvalue weighted by atomic mass is 16.5. The molecule has 0 saturated heterocycles. The van der Waals surface area contributed by atoms with E-state index >= 15 is 0 Å². The summed E-state index contributed by atoms with van der Waals surface area (Å²) in [6, 6.07) is 18.5. The summed E-state index contributed by atoms with van der Waals surface area (Å²) >= 11 is 0. The third-order valence-corrected chi connectivity index (χ3v) is 4.50. The molecule has 3 aromatic rings. The number of benzene rings is 2. The van der Waals surface area contributed by atoms with Crippen LogP contribution < -0.4 is 14.9 Å². The van der Waals surface area contributed by atoms with Crippen molar-refractivity contribution in [3.05, 3.63) is 77.1 Å². The molecule has 0 aliphatic heterocycles. The molecule has 0 aliphatic rings. The van der Waals surface area contributed by atoms with Crippen molar-refractivity contribution in [2.24, 2.45) is 5.10 Å². The average Bonchev–Trinajstić information content (AvgIpc) is 3.10. The predicted molar refractivity (Wildman–Crippen MR) is 114 cm³/mol. The molecule has 0 spiro atoms. The number of carbonyl (C=O) groups is 1. The molecule has 0 saturated carbocycles. The van der Waals surface area contributed by atoms with Crippen LogP contribution in [0.15, 0.2) is 59.7 Å². The molecule has 7 heteroatoms. The fraction of sp³-hybridized carbons (Fsp3) is 0.174. The number of amides is 1. The van der Waals surface area contributed by atoms with E-state index < -0.39 is 0 Å². The molecule has 2 aromatic carbocycles. The minimum absolute atomic E-state index is 0.0685. The molecule has 0 atom stereocenters. The van der Waals surface area contributed by atoms with Gasteiger partial charge >= 0.3 is 0 Å². The molecular weight excluding hydrogens is 380 g/mol. The van der Waals surface area contributed by atoms with Crippen molar-refractivity contribution in [2.45, 2.75) is 13.8 Å². The first-order valence-electron chi connectivity index (χ1n) is 9.30. The molecule has 1 N–H and O–H groups in total. The Labute approximate surface area is 175 Å². The third kappa shape index (κ3) is 4.67. The predicted octanol–water partition coefficient (Wildman–Crippen LogP) is 3.77. The zero-order valence-corrected chi connectivity index (χ0v) is 17.0. The molecule has 1 heterocycles. The lowest BCUT2D eigenvalue weighted by Gasteiger charge is -2.10. The number of methoxy groups -OCH3 is 1. The number of carbonyl (C=O) groups excluding carboxylic acids is 1. The molecule has 0 fully saturated rings. The maximum atomic E-state index is 12.5. The number of nitrogens with zero attached hydrogens (tertiary/aromatic N) is 3. The number of aromatic nitrogens is 1. The first-order chi connectivity index (χ1) is 14.5. The molecule has 0 unspecified atom stereocenters. The number of nitriles is 1. The summed E-state index contributed by atoms with van der Waals surface area (Å²) in [4.78, 5) is 12.5. The van der Waals surface area contributed by atoms with Gasteiger partial charge in [-0.25, -0.2) is 5.43 Å². The van der Waals surface area contributed by atoms with Gasteiger partial charge in [0.1, 0.15) is 6.07 Å².